The molecule has 0 unspecified atom stereocenters. The van der Waals surface area contributed by atoms with Crippen molar-refractivity contribution in [2.45, 2.75) is 39.3 Å². The van der Waals surface area contributed by atoms with Gasteiger partial charge in [-0.3, -0.25) is 9.36 Å². The van der Waals surface area contributed by atoms with E-state index in [1.807, 2.05) is 31.2 Å². The van der Waals surface area contributed by atoms with Gasteiger partial charge in [-0.05, 0) is 24.6 Å². The number of aromatic nitrogens is 1. The zero-order valence-electron chi connectivity index (χ0n) is 15.2. The van der Waals surface area contributed by atoms with Gasteiger partial charge in [-0.2, -0.15) is 0 Å². The number of benzene rings is 1. The second-order valence-electron chi connectivity index (χ2n) is 7.44. The Hall–Kier alpha value is -2.18. The van der Waals surface area contributed by atoms with Crippen LogP contribution in [0.4, 0.5) is 0 Å². The number of aryl methyl sites for hydroxylation is 1. The fourth-order valence-electron chi connectivity index (χ4n) is 2.33. The summed E-state index contributed by atoms with van der Waals surface area (Å²) in [6.07, 6.45) is 1.34. The summed E-state index contributed by atoms with van der Waals surface area (Å²) in [5.74, 6) is -1.07. The molecule has 0 atom stereocenters. The molecular weight excluding hydrogens is 334 g/mol. The van der Waals surface area contributed by atoms with Crippen LogP contribution < -0.4 is 5.56 Å². The number of pyridine rings is 1. The minimum absolute atomic E-state index is 0.0588. The Morgan fingerprint density at radius 1 is 1.20 bits per heavy atom. The van der Waals surface area contributed by atoms with E-state index in [4.69, 9.17) is 4.74 Å². The molecule has 1 aromatic heterocycles. The van der Waals surface area contributed by atoms with Gasteiger partial charge in [0.25, 0.3) is 5.56 Å². The van der Waals surface area contributed by atoms with Crippen LogP contribution in [0.25, 0.3) is 11.1 Å². The van der Waals surface area contributed by atoms with E-state index in [1.54, 1.807) is 0 Å². The van der Waals surface area contributed by atoms with Crippen LogP contribution in [-0.4, -0.2) is 30.3 Å². The number of hydrogen-bond acceptors (Lipinski definition) is 3. The van der Waals surface area contributed by atoms with E-state index < -0.39 is 14.0 Å². The lowest BCUT2D eigenvalue weighted by molar-refractivity contribution is 0.0689. The Balaban J connectivity index is 2.31. The fourth-order valence-corrected chi connectivity index (χ4v) is 3.09. The van der Waals surface area contributed by atoms with Gasteiger partial charge < -0.3 is 9.84 Å². The van der Waals surface area contributed by atoms with Crippen LogP contribution in [0.3, 0.4) is 0 Å². The van der Waals surface area contributed by atoms with Gasteiger partial charge in [0, 0.05) is 26.4 Å². The third-order valence-electron chi connectivity index (χ3n) is 3.92. The predicted octanol–water partition coefficient (Wildman–Crippen LogP) is 3.83. The second kappa shape index (κ2) is 7.80. The van der Waals surface area contributed by atoms with Crippen LogP contribution in [0, 0.1) is 6.92 Å². The predicted molar refractivity (Wildman–Crippen MR) is 102 cm³/mol. The summed E-state index contributed by atoms with van der Waals surface area (Å²) < 4.78 is 6.96. The van der Waals surface area contributed by atoms with Crippen LogP contribution in [0.15, 0.2) is 41.3 Å². The van der Waals surface area contributed by atoms with E-state index in [0.29, 0.717) is 17.7 Å². The van der Waals surface area contributed by atoms with Crippen LogP contribution >= 0.6 is 0 Å². The molecule has 5 nitrogen and oxygen atoms in total. The molecule has 0 amide bonds. The van der Waals surface area contributed by atoms with Crippen molar-refractivity contribution in [3.63, 3.8) is 0 Å². The number of rotatable bonds is 7. The summed E-state index contributed by atoms with van der Waals surface area (Å²) in [6, 6.07) is 9.87. The molecule has 0 bridgehead atoms. The molecule has 0 fully saturated rings. The van der Waals surface area contributed by atoms with E-state index in [0.717, 1.165) is 11.6 Å². The molecule has 0 aliphatic rings. The molecule has 134 valence electrons. The van der Waals surface area contributed by atoms with Gasteiger partial charge in [0.1, 0.15) is 6.73 Å². The highest BCUT2D eigenvalue weighted by Crippen LogP contribution is 2.18. The second-order valence-corrected chi connectivity index (χ2v) is 13.1. The first kappa shape index (κ1) is 19.1. The first-order chi connectivity index (χ1) is 11.7. The number of hydrogen-bond donors (Lipinski definition) is 1. The maximum absolute atomic E-state index is 12.7. The molecular formula is C19H25NO4Si. The lowest BCUT2D eigenvalue weighted by Crippen LogP contribution is -2.26. The Morgan fingerprint density at radius 2 is 1.84 bits per heavy atom. The van der Waals surface area contributed by atoms with Crippen molar-refractivity contribution in [2.24, 2.45) is 0 Å². The summed E-state index contributed by atoms with van der Waals surface area (Å²) in [5.41, 5.74) is 1.97. The van der Waals surface area contributed by atoms with Crippen molar-refractivity contribution in [3.8, 4) is 11.1 Å². The summed E-state index contributed by atoms with van der Waals surface area (Å²) in [6.45, 7) is 9.35. The first-order valence-corrected chi connectivity index (χ1v) is 12.0. The van der Waals surface area contributed by atoms with Gasteiger partial charge in [-0.25, -0.2) is 4.79 Å². The number of carbonyl (C=O) groups is 1. The summed E-state index contributed by atoms with van der Waals surface area (Å²) >= 11 is 0. The molecule has 0 radical (unpaired) electrons. The highest BCUT2D eigenvalue weighted by Gasteiger charge is 2.14. The van der Waals surface area contributed by atoms with Gasteiger partial charge in [0.2, 0.25) is 0 Å². The number of carboxylic acid groups (broad SMARTS) is 1. The Morgan fingerprint density at radius 3 is 2.40 bits per heavy atom. The highest BCUT2D eigenvalue weighted by molar-refractivity contribution is 6.76. The van der Waals surface area contributed by atoms with Gasteiger partial charge in [0.15, 0.2) is 0 Å². The van der Waals surface area contributed by atoms with Crippen molar-refractivity contribution >= 4 is 14.0 Å². The molecule has 1 heterocycles. The summed E-state index contributed by atoms with van der Waals surface area (Å²) in [5, 5.41) is 9.34. The maximum Gasteiger partial charge on any atom is 0.337 e. The van der Waals surface area contributed by atoms with Gasteiger partial charge in [-0.15, -0.1) is 0 Å². The normalized spacial score (nSPS) is 11.5. The lowest BCUT2D eigenvalue weighted by atomic mass is 10.0. The van der Waals surface area contributed by atoms with Gasteiger partial charge in [0.05, 0.1) is 5.56 Å². The van der Waals surface area contributed by atoms with E-state index >= 15 is 0 Å². The number of ether oxygens (including phenoxy) is 1. The third-order valence-corrected chi connectivity index (χ3v) is 5.63. The van der Waals surface area contributed by atoms with Crippen LogP contribution in [0.2, 0.25) is 25.7 Å². The van der Waals surface area contributed by atoms with E-state index in [-0.39, 0.29) is 17.9 Å². The molecule has 2 aromatic rings. The van der Waals surface area contributed by atoms with E-state index in [1.165, 1.54) is 16.8 Å². The van der Waals surface area contributed by atoms with Crippen molar-refractivity contribution in [1.29, 1.82) is 0 Å². The Labute approximate surface area is 148 Å². The third kappa shape index (κ3) is 5.40. The zero-order chi connectivity index (χ0) is 18.6. The van der Waals surface area contributed by atoms with Crippen molar-refractivity contribution in [1.82, 2.24) is 4.57 Å². The Kier molecular flexibility index (Phi) is 5.97. The first-order valence-electron chi connectivity index (χ1n) is 8.30. The molecule has 2 rings (SSSR count). The zero-order valence-corrected chi connectivity index (χ0v) is 16.2. The minimum Gasteiger partial charge on any atom is -0.478 e. The van der Waals surface area contributed by atoms with Gasteiger partial charge in [-0.1, -0.05) is 49.5 Å². The molecule has 1 N–H and O–H groups in total. The monoisotopic (exact) mass is 359 g/mol. The smallest absolute Gasteiger partial charge is 0.337 e. The van der Waals surface area contributed by atoms with Crippen molar-refractivity contribution in [3.05, 3.63) is 58.0 Å². The average molecular weight is 359 g/mol. The topological polar surface area (TPSA) is 68.5 Å². The number of aromatic carboxylic acids is 1. The lowest BCUT2D eigenvalue weighted by Gasteiger charge is -2.16. The van der Waals surface area contributed by atoms with Crippen molar-refractivity contribution in [2.75, 3.05) is 6.61 Å². The quantitative estimate of drug-likeness (QED) is 0.602. The molecule has 25 heavy (non-hydrogen) atoms. The van der Waals surface area contributed by atoms with E-state index in [2.05, 4.69) is 19.6 Å². The summed E-state index contributed by atoms with van der Waals surface area (Å²) in [7, 11) is -1.21. The maximum atomic E-state index is 12.7. The average Bonchev–Trinajstić information content (AvgIpc) is 2.52. The number of nitrogens with zero attached hydrogens (tertiary/aromatic N) is 1. The molecule has 0 aliphatic carbocycles. The van der Waals surface area contributed by atoms with Gasteiger partial charge >= 0.3 is 5.97 Å². The molecule has 1 aromatic carbocycles. The molecule has 0 saturated carbocycles. The largest absolute Gasteiger partial charge is 0.478 e. The standard InChI is InChI=1S/C19H25NO4Si/c1-14-5-7-15(8-6-14)17-11-16(19(22)23)12-20(18(17)21)13-24-9-10-25(2,3)4/h5-8,11-12H,9-10,13H2,1-4H3,(H,22,23). The SMILES string of the molecule is Cc1ccc(-c2cc(C(=O)O)cn(COCC[Si](C)(C)C)c2=O)cc1. The summed E-state index contributed by atoms with van der Waals surface area (Å²) in [4.78, 5) is 24.1. The van der Waals surface area contributed by atoms with Crippen LogP contribution in [0.1, 0.15) is 15.9 Å². The van der Waals surface area contributed by atoms with Crippen LogP contribution in [-0.2, 0) is 11.5 Å². The molecule has 0 spiro atoms. The highest BCUT2D eigenvalue weighted by atomic mass is 28.3. The van der Waals surface area contributed by atoms with E-state index in [9.17, 15) is 14.7 Å². The van der Waals surface area contributed by atoms with Crippen molar-refractivity contribution < 1.29 is 14.6 Å². The Bertz CT molecular complexity index is 804. The van der Waals surface area contributed by atoms with Crippen LogP contribution in [0.5, 0.6) is 0 Å². The number of carboxylic acids is 1. The minimum atomic E-state index is -1.21. The molecule has 0 saturated heterocycles. The molecule has 0 aliphatic heterocycles. The molecule has 6 heteroatoms. The fraction of sp³-hybridized carbons (Fsp3) is 0.368.